The van der Waals surface area contributed by atoms with Crippen LogP contribution in [0.2, 0.25) is 0 Å². The van der Waals surface area contributed by atoms with Gasteiger partial charge in [0, 0.05) is 19.2 Å². The van der Waals surface area contributed by atoms with Crippen molar-refractivity contribution in [1.82, 2.24) is 5.32 Å². The van der Waals surface area contributed by atoms with Crippen LogP contribution in [0.5, 0.6) is 0 Å². The molecule has 0 aromatic heterocycles. The van der Waals surface area contributed by atoms with Gasteiger partial charge >= 0.3 is 0 Å². The third-order valence-corrected chi connectivity index (χ3v) is 4.20. The van der Waals surface area contributed by atoms with Crippen LogP contribution in [0, 0.1) is 5.92 Å². The maximum Gasteiger partial charge on any atom is 0.251 e. The fourth-order valence-corrected chi connectivity index (χ4v) is 2.10. The number of amides is 1. The van der Waals surface area contributed by atoms with E-state index in [1.807, 2.05) is 0 Å². The largest absolute Gasteiger partial charge is 0.352 e. The SMILES string of the molecule is CC(C)CCNC(=O)c1ccc(N(C)S(C)(=O)=O)cc1. The number of carbonyl (C=O) groups is 1. The molecule has 0 aliphatic rings. The molecule has 0 saturated carbocycles. The number of hydrogen-bond donors (Lipinski definition) is 1. The number of rotatable bonds is 6. The zero-order valence-electron chi connectivity index (χ0n) is 12.4. The van der Waals surface area contributed by atoms with Crippen LogP contribution in [-0.2, 0) is 10.0 Å². The summed E-state index contributed by atoms with van der Waals surface area (Å²) in [4.78, 5) is 11.9. The van der Waals surface area contributed by atoms with Gasteiger partial charge in [-0.05, 0) is 36.6 Å². The molecule has 5 nitrogen and oxygen atoms in total. The van der Waals surface area contributed by atoms with E-state index >= 15 is 0 Å². The Morgan fingerprint density at radius 1 is 1.25 bits per heavy atom. The Kier molecular flexibility index (Phi) is 5.56. The minimum atomic E-state index is -3.28. The molecule has 1 aromatic carbocycles. The van der Waals surface area contributed by atoms with Crippen molar-refractivity contribution in [2.24, 2.45) is 5.92 Å². The van der Waals surface area contributed by atoms with Crippen molar-refractivity contribution in [1.29, 1.82) is 0 Å². The van der Waals surface area contributed by atoms with Gasteiger partial charge in [-0.1, -0.05) is 13.8 Å². The summed E-state index contributed by atoms with van der Waals surface area (Å²) in [6.07, 6.45) is 2.07. The Morgan fingerprint density at radius 2 is 1.80 bits per heavy atom. The second-order valence-electron chi connectivity index (χ2n) is 5.22. The first-order valence-electron chi connectivity index (χ1n) is 6.54. The minimum absolute atomic E-state index is 0.140. The summed E-state index contributed by atoms with van der Waals surface area (Å²) in [5.41, 5.74) is 1.06. The molecule has 0 saturated heterocycles. The topological polar surface area (TPSA) is 66.5 Å². The van der Waals surface area contributed by atoms with Gasteiger partial charge in [-0.2, -0.15) is 0 Å². The maximum absolute atomic E-state index is 11.9. The van der Waals surface area contributed by atoms with Crippen LogP contribution in [0.25, 0.3) is 0 Å². The predicted octanol–water partition coefficient (Wildman–Crippen LogP) is 1.86. The Morgan fingerprint density at radius 3 is 2.25 bits per heavy atom. The summed E-state index contributed by atoms with van der Waals surface area (Å²) in [5.74, 6) is 0.403. The van der Waals surface area contributed by atoms with Crippen molar-refractivity contribution < 1.29 is 13.2 Å². The molecule has 0 radical (unpaired) electrons. The zero-order valence-corrected chi connectivity index (χ0v) is 13.2. The molecule has 0 heterocycles. The van der Waals surface area contributed by atoms with Gasteiger partial charge < -0.3 is 5.32 Å². The molecule has 0 aliphatic carbocycles. The first kappa shape index (κ1) is 16.5. The molecule has 112 valence electrons. The van der Waals surface area contributed by atoms with E-state index in [2.05, 4.69) is 19.2 Å². The van der Waals surface area contributed by atoms with Gasteiger partial charge in [0.15, 0.2) is 0 Å². The molecular formula is C14H22N2O3S. The van der Waals surface area contributed by atoms with E-state index in [-0.39, 0.29) is 5.91 Å². The Labute approximate surface area is 121 Å². The Balaban J connectivity index is 2.69. The van der Waals surface area contributed by atoms with Gasteiger partial charge in [0.25, 0.3) is 5.91 Å². The summed E-state index contributed by atoms with van der Waals surface area (Å²) >= 11 is 0. The van der Waals surface area contributed by atoms with Crippen molar-refractivity contribution in [3.05, 3.63) is 29.8 Å². The lowest BCUT2D eigenvalue weighted by Gasteiger charge is -2.16. The highest BCUT2D eigenvalue weighted by molar-refractivity contribution is 7.92. The number of carbonyl (C=O) groups excluding carboxylic acids is 1. The second kappa shape index (κ2) is 6.74. The Hall–Kier alpha value is -1.56. The average Bonchev–Trinajstić information content (AvgIpc) is 2.36. The van der Waals surface area contributed by atoms with Crippen LogP contribution < -0.4 is 9.62 Å². The lowest BCUT2D eigenvalue weighted by atomic mass is 10.1. The minimum Gasteiger partial charge on any atom is -0.352 e. The van der Waals surface area contributed by atoms with Crippen LogP contribution in [0.4, 0.5) is 5.69 Å². The normalized spacial score (nSPS) is 11.4. The van der Waals surface area contributed by atoms with Crippen LogP contribution in [0.3, 0.4) is 0 Å². The molecule has 0 spiro atoms. The molecule has 1 N–H and O–H groups in total. The number of sulfonamides is 1. The highest BCUT2D eigenvalue weighted by Gasteiger charge is 2.12. The van der Waals surface area contributed by atoms with Crippen molar-refractivity contribution in [2.45, 2.75) is 20.3 Å². The van der Waals surface area contributed by atoms with Crippen LogP contribution >= 0.6 is 0 Å². The molecule has 6 heteroatoms. The van der Waals surface area contributed by atoms with Gasteiger partial charge in [-0.15, -0.1) is 0 Å². The standard InChI is InChI=1S/C14H22N2O3S/c1-11(2)9-10-15-14(17)12-5-7-13(8-6-12)16(3)20(4,18)19/h5-8,11H,9-10H2,1-4H3,(H,15,17). The summed E-state index contributed by atoms with van der Waals surface area (Å²) < 4.78 is 24.0. The fraction of sp³-hybridized carbons (Fsp3) is 0.500. The third-order valence-electron chi connectivity index (χ3n) is 3.00. The lowest BCUT2D eigenvalue weighted by molar-refractivity contribution is 0.0952. The van der Waals surface area contributed by atoms with E-state index in [4.69, 9.17) is 0 Å². The van der Waals surface area contributed by atoms with Gasteiger partial charge in [0.2, 0.25) is 10.0 Å². The van der Waals surface area contributed by atoms with Crippen molar-refractivity contribution in [2.75, 3.05) is 24.2 Å². The summed E-state index contributed by atoms with van der Waals surface area (Å²) in [6, 6.07) is 6.50. The molecule has 0 unspecified atom stereocenters. The number of nitrogens with zero attached hydrogens (tertiary/aromatic N) is 1. The van der Waals surface area contributed by atoms with Crippen molar-refractivity contribution in [3.8, 4) is 0 Å². The van der Waals surface area contributed by atoms with Gasteiger partial charge in [0.05, 0.1) is 11.9 Å². The first-order valence-corrected chi connectivity index (χ1v) is 8.39. The third kappa shape index (κ3) is 4.85. The molecule has 1 rings (SSSR count). The predicted molar refractivity (Wildman–Crippen MR) is 81.5 cm³/mol. The fourth-order valence-electron chi connectivity index (χ4n) is 1.59. The van der Waals surface area contributed by atoms with Gasteiger partial charge in [-0.3, -0.25) is 9.10 Å². The number of benzene rings is 1. The average molecular weight is 298 g/mol. The quantitative estimate of drug-likeness (QED) is 0.871. The van der Waals surface area contributed by atoms with Gasteiger partial charge in [-0.25, -0.2) is 8.42 Å². The lowest BCUT2D eigenvalue weighted by Crippen LogP contribution is -2.26. The molecule has 0 fully saturated rings. The van der Waals surface area contributed by atoms with Crippen LogP contribution in [0.15, 0.2) is 24.3 Å². The molecule has 1 aromatic rings. The summed E-state index contributed by atoms with van der Waals surface area (Å²) in [5, 5.41) is 2.84. The zero-order chi connectivity index (χ0) is 15.3. The molecule has 1 amide bonds. The molecule has 0 aliphatic heterocycles. The molecule has 0 atom stereocenters. The number of nitrogens with one attached hydrogen (secondary N) is 1. The van der Waals surface area contributed by atoms with Crippen molar-refractivity contribution in [3.63, 3.8) is 0 Å². The summed E-state index contributed by atoms with van der Waals surface area (Å²) in [7, 11) is -1.80. The van der Waals surface area contributed by atoms with E-state index in [1.54, 1.807) is 24.3 Å². The number of hydrogen-bond acceptors (Lipinski definition) is 3. The highest BCUT2D eigenvalue weighted by atomic mass is 32.2. The first-order chi connectivity index (χ1) is 9.21. The van der Waals surface area contributed by atoms with E-state index in [0.717, 1.165) is 12.7 Å². The number of anilines is 1. The van der Waals surface area contributed by atoms with E-state index in [9.17, 15) is 13.2 Å². The smallest absolute Gasteiger partial charge is 0.251 e. The highest BCUT2D eigenvalue weighted by Crippen LogP contribution is 2.16. The van der Waals surface area contributed by atoms with E-state index in [1.165, 1.54) is 11.4 Å². The monoisotopic (exact) mass is 298 g/mol. The van der Waals surface area contributed by atoms with Crippen LogP contribution in [0.1, 0.15) is 30.6 Å². The van der Waals surface area contributed by atoms with E-state index < -0.39 is 10.0 Å². The van der Waals surface area contributed by atoms with E-state index in [0.29, 0.717) is 23.7 Å². The molecular weight excluding hydrogens is 276 g/mol. The molecule has 20 heavy (non-hydrogen) atoms. The van der Waals surface area contributed by atoms with Crippen molar-refractivity contribution >= 4 is 21.6 Å². The molecule has 0 bridgehead atoms. The summed E-state index contributed by atoms with van der Waals surface area (Å²) in [6.45, 7) is 4.84. The van der Waals surface area contributed by atoms with Crippen LogP contribution in [-0.4, -0.2) is 34.2 Å². The Bertz CT molecular complexity index is 550. The van der Waals surface area contributed by atoms with Gasteiger partial charge in [0.1, 0.15) is 0 Å². The maximum atomic E-state index is 11.9. The second-order valence-corrected chi connectivity index (χ2v) is 7.23.